The van der Waals surface area contributed by atoms with Crippen molar-refractivity contribution < 1.29 is 157 Å². The van der Waals surface area contributed by atoms with Crippen LogP contribution in [0.15, 0.2) is 48.5 Å². The van der Waals surface area contributed by atoms with Gasteiger partial charge in [-0.1, -0.05) is 51.3 Å². The molecule has 5 nitrogen and oxygen atoms in total. The maximum absolute atomic E-state index is 9.02. The summed E-state index contributed by atoms with van der Waals surface area (Å²) in [5, 5.41) is 17.8. The van der Waals surface area contributed by atoms with Crippen LogP contribution in [0.1, 0.15) is 25.0 Å². The van der Waals surface area contributed by atoms with Crippen LogP contribution in [0.4, 0.5) is 0 Å². The molecule has 0 aromatic heterocycles. The van der Waals surface area contributed by atoms with Crippen LogP contribution < -0.4 is 9.47 Å². The summed E-state index contributed by atoms with van der Waals surface area (Å²) in [5.41, 5.74) is 2.20. The number of aliphatic hydroxyl groups is 2. The van der Waals surface area contributed by atoms with E-state index in [9.17, 15) is 0 Å². The molecule has 0 spiro atoms. The molecule has 2 N–H and O–H groups in total. The van der Waals surface area contributed by atoms with Crippen molar-refractivity contribution in [1.29, 1.82) is 0 Å². The number of hydrogen-bond acceptors (Lipinski definition) is 5. The van der Waals surface area contributed by atoms with Crippen molar-refractivity contribution in [3.05, 3.63) is 79.4 Å². The fourth-order valence-electron chi connectivity index (χ4n) is 2.80. The Morgan fingerprint density at radius 1 is 0.812 bits per heavy atom. The van der Waals surface area contributed by atoms with E-state index in [0.29, 0.717) is 19.8 Å². The fraction of sp³-hybridized carbons (Fsp3) is 0.375. The molecular formula is C24H31Ac3O5-3. The van der Waals surface area contributed by atoms with Gasteiger partial charge in [0.15, 0.2) is 0 Å². The van der Waals surface area contributed by atoms with Gasteiger partial charge in [-0.05, 0) is 54.7 Å². The molecule has 0 aliphatic carbocycles. The van der Waals surface area contributed by atoms with Gasteiger partial charge in [-0.3, -0.25) is 12.8 Å². The minimum atomic E-state index is -0.700. The van der Waals surface area contributed by atoms with Gasteiger partial charge in [0.05, 0.1) is 0 Å². The van der Waals surface area contributed by atoms with Crippen molar-refractivity contribution >= 4 is 0 Å². The predicted molar refractivity (Wildman–Crippen MR) is 114 cm³/mol. The van der Waals surface area contributed by atoms with Crippen LogP contribution in [-0.2, 0) is 10.2 Å². The quantitative estimate of drug-likeness (QED) is 0.238. The molecule has 3 radical (unpaired) electrons. The maximum atomic E-state index is 9.02. The third-order valence-electron chi connectivity index (χ3n) is 4.56. The first-order valence-corrected chi connectivity index (χ1v) is 9.73. The number of rotatable bonds is 13. The largest absolute Gasteiger partial charge is 0.525 e. The van der Waals surface area contributed by atoms with Gasteiger partial charge in [0.25, 0.3) is 0 Å². The number of hydrogen-bond donors (Lipinski definition) is 2. The second-order valence-electron chi connectivity index (χ2n) is 7.25. The van der Waals surface area contributed by atoms with Crippen LogP contribution in [0.2, 0.25) is 0 Å². The first kappa shape index (κ1) is 36.4. The Labute approximate surface area is 300 Å². The Morgan fingerprint density at radius 2 is 1.25 bits per heavy atom. The molecule has 0 heterocycles. The molecule has 2 rings (SSSR count). The minimum absolute atomic E-state index is 0. The van der Waals surface area contributed by atoms with Crippen molar-refractivity contribution in [3.8, 4) is 11.5 Å². The average Bonchev–Trinajstić information content (AvgIpc) is 2.71. The third kappa shape index (κ3) is 13.5. The summed E-state index contributed by atoms with van der Waals surface area (Å²) in [7, 11) is 0. The zero-order valence-electron chi connectivity index (χ0n) is 18.9. The van der Waals surface area contributed by atoms with E-state index in [-0.39, 0.29) is 151 Å². The minimum Gasteiger partial charge on any atom is -0.525 e. The second-order valence-corrected chi connectivity index (χ2v) is 7.25. The third-order valence-corrected chi connectivity index (χ3v) is 4.56. The van der Waals surface area contributed by atoms with Gasteiger partial charge in [0, 0.05) is 144 Å². The molecule has 1 atom stereocenters. The van der Waals surface area contributed by atoms with Crippen LogP contribution in [0.3, 0.4) is 0 Å². The zero-order chi connectivity index (χ0) is 21.1. The standard InChI is InChI=1S/C24H31O5.3Ac/c1-19(26)18-27-15-5-17-29-23-12-8-21(9-13-23)24(2,3)20-6-10-22(11-7-20)28-16-4-14-25;;;/h4-13,19,25-26H,1,14-18H2,2-3H3;;;/q-3;;;. The number of aliphatic hydroxyl groups excluding tert-OH is 2. The van der Waals surface area contributed by atoms with Crippen molar-refractivity contribution in [3.63, 3.8) is 0 Å². The molecule has 8 heteroatoms. The molecule has 0 fully saturated rings. The van der Waals surface area contributed by atoms with Crippen LogP contribution in [-0.4, -0.2) is 49.4 Å². The fourth-order valence-corrected chi connectivity index (χ4v) is 2.80. The molecule has 0 saturated carbocycles. The van der Waals surface area contributed by atoms with Gasteiger partial charge in [0.2, 0.25) is 0 Å². The van der Waals surface area contributed by atoms with E-state index in [1.54, 1.807) is 6.42 Å². The summed E-state index contributed by atoms with van der Waals surface area (Å²) in [4.78, 5) is 0. The van der Waals surface area contributed by atoms with Crippen LogP contribution in [0.5, 0.6) is 11.5 Å². The molecule has 0 amide bonds. The van der Waals surface area contributed by atoms with E-state index < -0.39 is 6.10 Å². The molecule has 2 aromatic carbocycles. The molecule has 1 unspecified atom stereocenters. The summed E-state index contributed by atoms with van der Waals surface area (Å²) >= 11 is 0. The smallest absolute Gasteiger partial charge is 0.115 e. The van der Waals surface area contributed by atoms with Crippen molar-refractivity contribution in [2.45, 2.75) is 25.4 Å². The summed E-state index contributed by atoms with van der Waals surface area (Å²) < 4.78 is 16.5. The Kier molecular flexibility index (Phi) is 23.1. The Balaban J connectivity index is 0. The monoisotopic (exact) mass is 1080 g/mol. The molecule has 0 aliphatic rings. The summed E-state index contributed by atoms with van der Waals surface area (Å²) in [6, 6.07) is 16.1. The van der Waals surface area contributed by atoms with E-state index in [2.05, 4.69) is 45.0 Å². The van der Waals surface area contributed by atoms with Gasteiger partial charge < -0.3 is 31.3 Å². The number of ether oxygens (including phenoxy) is 3. The van der Waals surface area contributed by atoms with Crippen molar-refractivity contribution in [2.24, 2.45) is 0 Å². The first-order valence-electron chi connectivity index (χ1n) is 9.73. The van der Waals surface area contributed by atoms with Crippen LogP contribution in [0, 0.1) is 152 Å². The Hall–Kier alpha value is 2.24. The maximum Gasteiger partial charge on any atom is 0.115 e. The summed E-state index contributed by atoms with van der Waals surface area (Å²) in [6.07, 6.45) is 2.83. The summed E-state index contributed by atoms with van der Waals surface area (Å²) in [5.74, 6) is 1.57. The molecule has 169 valence electrons. The van der Waals surface area contributed by atoms with E-state index in [1.807, 2.05) is 30.7 Å². The van der Waals surface area contributed by atoms with Gasteiger partial charge in [-0.25, -0.2) is 0 Å². The van der Waals surface area contributed by atoms with Gasteiger partial charge >= 0.3 is 0 Å². The average molecular weight is 1080 g/mol. The number of benzene rings is 2. The van der Waals surface area contributed by atoms with Crippen LogP contribution >= 0.6 is 0 Å². The molecule has 0 saturated heterocycles. The van der Waals surface area contributed by atoms with Gasteiger partial charge in [0.1, 0.15) is 11.5 Å². The molecular weight excluding hydrogens is 1050 g/mol. The molecule has 0 bridgehead atoms. The predicted octanol–water partition coefficient (Wildman–Crippen LogP) is 3.38. The summed E-state index contributed by atoms with van der Waals surface area (Å²) in [6.45, 7) is 9.27. The Morgan fingerprint density at radius 3 is 1.66 bits per heavy atom. The molecule has 32 heavy (non-hydrogen) atoms. The van der Waals surface area contributed by atoms with E-state index >= 15 is 0 Å². The van der Waals surface area contributed by atoms with Crippen molar-refractivity contribution in [2.75, 3.05) is 33.0 Å². The normalized spacial score (nSPS) is 11.4. The van der Waals surface area contributed by atoms with E-state index in [1.165, 1.54) is 11.1 Å². The SMILES string of the molecule is [Ac].[Ac].[Ac].[CH2-]C(O)COC[CH-]COc1ccc(C(C)(C)c2ccc(OC[CH-]CO)cc2)cc1. The van der Waals surface area contributed by atoms with E-state index in [0.717, 1.165) is 11.5 Å². The molecule has 0 aliphatic heterocycles. The zero-order valence-corrected chi connectivity index (χ0v) is 33.2. The topological polar surface area (TPSA) is 68.2 Å². The molecule has 2 aromatic rings. The van der Waals surface area contributed by atoms with E-state index in [4.69, 9.17) is 24.4 Å². The second kappa shape index (κ2) is 20.3. The Bertz CT molecular complexity index is 707. The van der Waals surface area contributed by atoms with Gasteiger partial charge in [-0.15, -0.1) is 0 Å². The van der Waals surface area contributed by atoms with Crippen LogP contribution in [0.25, 0.3) is 0 Å². The van der Waals surface area contributed by atoms with Gasteiger partial charge in [-0.2, -0.15) is 0 Å². The van der Waals surface area contributed by atoms with Crippen molar-refractivity contribution in [1.82, 2.24) is 0 Å². The first-order chi connectivity index (χ1) is 13.9.